The van der Waals surface area contributed by atoms with Crippen molar-refractivity contribution in [1.82, 2.24) is 15.3 Å². The number of fused-ring (bicyclic) bond motifs is 1. The zero-order chi connectivity index (χ0) is 19.9. The minimum atomic E-state index is -0.0821. The van der Waals surface area contributed by atoms with Crippen LogP contribution in [-0.2, 0) is 11.3 Å². The van der Waals surface area contributed by atoms with Crippen LogP contribution in [0.2, 0.25) is 0 Å². The molecular formula is C21H23N5OS. The molecule has 0 aliphatic carbocycles. The maximum Gasteiger partial charge on any atom is 0.244 e. The van der Waals surface area contributed by atoms with Gasteiger partial charge in [-0.25, -0.2) is 0 Å². The van der Waals surface area contributed by atoms with Crippen molar-refractivity contribution < 1.29 is 4.79 Å². The summed E-state index contributed by atoms with van der Waals surface area (Å²) in [4.78, 5) is 12.5. The Kier molecular flexibility index (Phi) is 6.39. The smallest absolute Gasteiger partial charge is 0.244 e. The number of benzene rings is 2. The number of anilines is 1. The summed E-state index contributed by atoms with van der Waals surface area (Å²) in [5.74, 6) is -0.0821. The van der Waals surface area contributed by atoms with E-state index in [0.29, 0.717) is 5.11 Å². The molecule has 3 aromatic rings. The summed E-state index contributed by atoms with van der Waals surface area (Å²) in [6.45, 7) is 4.91. The summed E-state index contributed by atoms with van der Waals surface area (Å²) in [5, 5.41) is 11.6. The third kappa shape index (κ3) is 4.95. The maximum absolute atomic E-state index is 12.5. The van der Waals surface area contributed by atoms with Gasteiger partial charge in [-0.2, -0.15) is 5.10 Å². The predicted octanol–water partition coefficient (Wildman–Crippen LogP) is 3.41. The number of thiocarbonyl (C=S) groups is 1. The summed E-state index contributed by atoms with van der Waals surface area (Å²) >= 11 is 5.10. The summed E-state index contributed by atoms with van der Waals surface area (Å²) in [6, 6.07) is 15.7. The number of aryl methyl sites for hydroxylation is 1. The fraction of sp³-hybridized carbons (Fsp3) is 0.190. The van der Waals surface area contributed by atoms with E-state index < -0.39 is 0 Å². The summed E-state index contributed by atoms with van der Waals surface area (Å²) in [5.41, 5.74) is 6.56. The number of amides is 1. The second-order valence-corrected chi connectivity index (χ2v) is 6.78. The van der Waals surface area contributed by atoms with Gasteiger partial charge in [-0.1, -0.05) is 30.3 Å². The molecule has 0 aliphatic rings. The van der Waals surface area contributed by atoms with Gasteiger partial charge in [0.05, 0.1) is 6.21 Å². The van der Waals surface area contributed by atoms with Crippen LogP contribution >= 0.6 is 12.2 Å². The van der Waals surface area contributed by atoms with Crippen molar-refractivity contribution >= 4 is 46.0 Å². The number of hydrogen-bond acceptors (Lipinski definition) is 3. The highest BCUT2D eigenvalue weighted by atomic mass is 32.1. The van der Waals surface area contributed by atoms with Gasteiger partial charge >= 0.3 is 0 Å². The fourth-order valence-corrected chi connectivity index (χ4v) is 3.14. The first-order valence-electron chi connectivity index (χ1n) is 9.08. The first kappa shape index (κ1) is 19.6. The normalized spacial score (nSPS) is 10.9. The van der Waals surface area contributed by atoms with Gasteiger partial charge in [0.15, 0.2) is 5.11 Å². The Bertz CT molecular complexity index is 1020. The number of aromatic nitrogens is 1. The average Bonchev–Trinajstić information content (AvgIpc) is 3.00. The van der Waals surface area contributed by atoms with Crippen LogP contribution in [0.1, 0.15) is 18.1 Å². The molecule has 144 valence electrons. The van der Waals surface area contributed by atoms with Gasteiger partial charge in [0, 0.05) is 34.9 Å². The highest BCUT2D eigenvalue weighted by Gasteiger charge is 2.10. The molecule has 0 spiro atoms. The van der Waals surface area contributed by atoms with Crippen molar-refractivity contribution in [3.05, 3.63) is 65.9 Å². The molecule has 6 nitrogen and oxygen atoms in total. The lowest BCUT2D eigenvalue weighted by Gasteiger charge is -2.08. The van der Waals surface area contributed by atoms with Crippen LogP contribution in [0.25, 0.3) is 10.9 Å². The summed E-state index contributed by atoms with van der Waals surface area (Å²) in [6.07, 6.45) is 3.63. The molecule has 1 aromatic heterocycles. The van der Waals surface area contributed by atoms with Gasteiger partial charge in [0.25, 0.3) is 0 Å². The van der Waals surface area contributed by atoms with E-state index in [1.165, 1.54) is 0 Å². The van der Waals surface area contributed by atoms with Gasteiger partial charge in [0.2, 0.25) is 5.91 Å². The summed E-state index contributed by atoms with van der Waals surface area (Å²) in [7, 11) is 0. The van der Waals surface area contributed by atoms with Crippen LogP contribution in [0.5, 0.6) is 0 Å². The summed E-state index contributed by atoms with van der Waals surface area (Å²) < 4.78 is 1.92. The van der Waals surface area contributed by atoms with E-state index >= 15 is 0 Å². The largest absolute Gasteiger partial charge is 0.362 e. The Balaban J connectivity index is 1.77. The van der Waals surface area contributed by atoms with Gasteiger partial charge in [-0.15, -0.1) is 0 Å². The Hall–Kier alpha value is -3.19. The lowest BCUT2D eigenvalue weighted by molar-refractivity contribution is -0.116. The van der Waals surface area contributed by atoms with E-state index in [2.05, 4.69) is 21.2 Å². The molecule has 28 heavy (non-hydrogen) atoms. The van der Waals surface area contributed by atoms with Gasteiger partial charge in [-0.3, -0.25) is 10.2 Å². The minimum absolute atomic E-state index is 0.0821. The molecule has 7 heteroatoms. The van der Waals surface area contributed by atoms with E-state index in [4.69, 9.17) is 12.2 Å². The number of para-hydroxylation sites is 1. The van der Waals surface area contributed by atoms with E-state index in [0.717, 1.165) is 34.3 Å². The van der Waals surface area contributed by atoms with E-state index in [-0.39, 0.29) is 12.5 Å². The quantitative estimate of drug-likeness (QED) is 0.341. The zero-order valence-electron chi connectivity index (χ0n) is 15.9. The van der Waals surface area contributed by atoms with Gasteiger partial charge in [-0.05, 0) is 49.8 Å². The third-order valence-electron chi connectivity index (χ3n) is 4.14. The highest BCUT2D eigenvalue weighted by Crippen LogP contribution is 2.20. The standard InChI is InChI=1S/C21H23N5OS/c1-3-22-21(28)25-23-12-16-13-26(19-10-5-4-9-18(16)19)14-20(27)24-17-8-6-7-15(2)11-17/h4-13H,3,14H2,1-2H3,(H,24,27)(H2,22,25,28)/b23-12-. The SMILES string of the molecule is CCNC(=S)N/N=C\c1cn(CC(=O)Nc2cccc(C)c2)c2ccccc12. The van der Waals surface area contributed by atoms with Crippen molar-refractivity contribution in [2.75, 3.05) is 11.9 Å². The van der Waals surface area contributed by atoms with Gasteiger partial charge < -0.3 is 15.2 Å². The maximum atomic E-state index is 12.5. The molecule has 0 saturated carbocycles. The molecule has 0 radical (unpaired) electrons. The number of carbonyl (C=O) groups is 1. The predicted molar refractivity (Wildman–Crippen MR) is 119 cm³/mol. The molecule has 0 unspecified atom stereocenters. The molecule has 1 amide bonds. The second kappa shape index (κ2) is 9.14. The molecule has 0 fully saturated rings. The second-order valence-electron chi connectivity index (χ2n) is 6.38. The topological polar surface area (TPSA) is 70.5 Å². The molecule has 3 N–H and O–H groups in total. The molecule has 0 bridgehead atoms. The van der Waals surface area contributed by atoms with Crippen LogP contribution in [-0.4, -0.2) is 28.3 Å². The average molecular weight is 394 g/mol. The van der Waals surface area contributed by atoms with Crippen molar-refractivity contribution in [1.29, 1.82) is 0 Å². The molecule has 0 aliphatic heterocycles. The van der Waals surface area contributed by atoms with Crippen LogP contribution < -0.4 is 16.1 Å². The van der Waals surface area contributed by atoms with E-state index in [9.17, 15) is 4.79 Å². The Morgan fingerprint density at radius 3 is 2.82 bits per heavy atom. The van der Waals surface area contributed by atoms with E-state index in [1.54, 1.807) is 6.21 Å². The van der Waals surface area contributed by atoms with Crippen LogP contribution in [0.15, 0.2) is 59.8 Å². The number of hydrazone groups is 1. The van der Waals surface area contributed by atoms with Gasteiger partial charge in [0.1, 0.15) is 6.54 Å². The monoisotopic (exact) mass is 393 g/mol. The number of hydrogen-bond donors (Lipinski definition) is 3. The van der Waals surface area contributed by atoms with Crippen LogP contribution in [0, 0.1) is 6.92 Å². The Labute approximate surface area is 169 Å². The van der Waals surface area contributed by atoms with Crippen molar-refractivity contribution in [2.24, 2.45) is 5.10 Å². The Morgan fingerprint density at radius 2 is 2.04 bits per heavy atom. The zero-order valence-corrected chi connectivity index (χ0v) is 16.7. The number of nitrogens with one attached hydrogen (secondary N) is 3. The lowest BCUT2D eigenvalue weighted by atomic mass is 10.2. The highest BCUT2D eigenvalue weighted by molar-refractivity contribution is 7.80. The molecule has 2 aromatic carbocycles. The fourth-order valence-electron chi connectivity index (χ4n) is 2.95. The lowest BCUT2D eigenvalue weighted by Crippen LogP contribution is -2.31. The van der Waals surface area contributed by atoms with E-state index in [1.807, 2.05) is 73.1 Å². The minimum Gasteiger partial charge on any atom is -0.362 e. The number of rotatable bonds is 6. The van der Waals surface area contributed by atoms with Crippen molar-refractivity contribution in [3.8, 4) is 0 Å². The van der Waals surface area contributed by atoms with Crippen molar-refractivity contribution in [2.45, 2.75) is 20.4 Å². The van der Waals surface area contributed by atoms with Crippen molar-refractivity contribution in [3.63, 3.8) is 0 Å². The first-order valence-corrected chi connectivity index (χ1v) is 9.49. The molecule has 0 saturated heterocycles. The van der Waals surface area contributed by atoms with Crippen LogP contribution in [0.4, 0.5) is 5.69 Å². The molecule has 1 heterocycles. The third-order valence-corrected chi connectivity index (χ3v) is 4.38. The number of carbonyl (C=O) groups excluding carboxylic acids is 1. The Morgan fingerprint density at radius 1 is 1.21 bits per heavy atom. The molecule has 3 rings (SSSR count). The first-order chi connectivity index (χ1) is 13.6. The molecular weight excluding hydrogens is 370 g/mol. The van der Waals surface area contributed by atoms with Crippen LogP contribution in [0.3, 0.4) is 0 Å². The number of nitrogens with zero attached hydrogens (tertiary/aromatic N) is 2. The molecule has 0 atom stereocenters.